The molecule has 1 fully saturated rings. The van der Waals surface area contributed by atoms with E-state index in [0.29, 0.717) is 5.41 Å². The van der Waals surface area contributed by atoms with Gasteiger partial charge in [-0.2, -0.15) is 0 Å². The summed E-state index contributed by atoms with van der Waals surface area (Å²) < 4.78 is 0. The first-order chi connectivity index (χ1) is 8.47. The zero-order valence-electron chi connectivity index (χ0n) is 12.7. The maximum Gasteiger partial charge on any atom is 0.0585 e. The summed E-state index contributed by atoms with van der Waals surface area (Å²) in [4.78, 5) is 2.56. The maximum absolute atomic E-state index is 9.25. The molecule has 1 atom stereocenters. The van der Waals surface area contributed by atoms with Gasteiger partial charge in [-0.1, -0.05) is 27.7 Å². The SMILES string of the molecule is CCNC(CO)CCN1CCC(C(C)(C)C)CC1. The van der Waals surface area contributed by atoms with Gasteiger partial charge in [-0.3, -0.25) is 0 Å². The van der Waals surface area contributed by atoms with Crippen LogP contribution in [-0.2, 0) is 0 Å². The lowest BCUT2D eigenvalue weighted by molar-refractivity contribution is 0.106. The molecule has 1 saturated heterocycles. The van der Waals surface area contributed by atoms with Crippen LogP contribution in [0.2, 0.25) is 0 Å². The molecule has 3 heteroatoms. The van der Waals surface area contributed by atoms with Crippen LogP contribution in [0.15, 0.2) is 0 Å². The number of piperidine rings is 1. The lowest BCUT2D eigenvalue weighted by atomic mass is 9.75. The highest BCUT2D eigenvalue weighted by Gasteiger charge is 2.28. The molecule has 0 aromatic heterocycles. The van der Waals surface area contributed by atoms with Crippen molar-refractivity contribution >= 4 is 0 Å². The Morgan fingerprint density at radius 3 is 2.33 bits per heavy atom. The first-order valence-corrected chi connectivity index (χ1v) is 7.54. The number of aliphatic hydroxyl groups is 1. The van der Waals surface area contributed by atoms with E-state index in [0.717, 1.165) is 25.4 Å². The third kappa shape index (κ3) is 5.25. The second-order valence-electron chi connectivity index (χ2n) is 6.71. The summed E-state index contributed by atoms with van der Waals surface area (Å²) in [6, 6.07) is 0.273. The molecule has 3 nitrogen and oxygen atoms in total. The van der Waals surface area contributed by atoms with E-state index in [9.17, 15) is 5.11 Å². The van der Waals surface area contributed by atoms with Gasteiger partial charge in [0.25, 0.3) is 0 Å². The number of likely N-dealkylation sites (N-methyl/N-ethyl adjacent to an activating group) is 1. The Kier molecular flexibility index (Phi) is 6.61. The summed E-state index contributed by atoms with van der Waals surface area (Å²) in [5.41, 5.74) is 0.462. The van der Waals surface area contributed by atoms with Gasteiger partial charge >= 0.3 is 0 Å². The fourth-order valence-electron chi connectivity index (χ4n) is 2.91. The van der Waals surface area contributed by atoms with Gasteiger partial charge in [0.2, 0.25) is 0 Å². The van der Waals surface area contributed by atoms with Crippen LogP contribution >= 0.6 is 0 Å². The molecular weight excluding hydrogens is 224 g/mol. The second-order valence-corrected chi connectivity index (χ2v) is 6.71. The third-order valence-electron chi connectivity index (χ3n) is 4.32. The highest BCUT2D eigenvalue weighted by Crippen LogP contribution is 2.34. The monoisotopic (exact) mass is 256 g/mol. The molecule has 0 spiro atoms. The lowest BCUT2D eigenvalue weighted by Gasteiger charge is -2.39. The number of nitrogens with zero attached hydrogens (tertiary/aromatic N) is 1. The van der Waals surface area contributed by atoms with E-state index in [4.69, 9.17) is 0 Å². The Morgan fingerprint density at radius 1 is 1.28 bits per heavy atom. The third-order valence-corrected chi connectivity index (χ3v) is 4.32. The fourth-order valence-corrected chi connectivity index (χ4v) is 2.91. The molecular formula is C15H32N2O. The van der Waals surface area contributed by atoms with Crippen molar-refractivity contribution in [2.24, 2.45) is 11.3 Å². The van der Waals surface area contributed by atoms with Gasteiger partial charge in [0, 0.05) is 6.04 Å². The highest BCUT2D eigenvalue weighted by molar-refractivity contribution is 4.81. The van der Waals surface area contributed by atoms with Gasteiger partial charge in [-0.05, 0) is 56.8 Å². The van der Waals surface area contributed by atoms with Gasteiger partial charge in [-0.15, -0.1) is 0 Å². The van der Waals surface area contributed by atoms with Gasteiger partial charge in [0.1, 0.15) is 0 Å². The van der Waals surface area contributed by atoms with E-state index in [2.05, 4.69) is 37.9 Å². The lowest BCUT2D eigenvalue weighted by Crippen LogP contribution is -2.41. The molecule has 0 aromatic carbocycles. The molecule has 1 unspecified atom stereocenters. The first-order valence-electron chi connectivity index (χ1n) is 7.54. The van der Waals surface area contributed by atoms with Crippen LogP contribution in [0, 0.1) is 11.3 Å². The minimum absolute atomic E-state index is 0.256. The van der Waals surface area contributed by atoms with Gasteiger partial charge in [-0.25, -0.2) is 0 Å². The molecule has 1 aliphatic heterocycles. The van der Waals surface area contributed by atoms with Gasteiger partial charge < -0.3 is 15.3 Å². The summed E-state index contributed by atoms with van der Waals surface area (Å²) in [5.74, 6) is 0.871. The molecule has 1 aliphatic rings. The van der Waals surface area contributed by atoms with Crippen LogP contribution in [0.25, 0.3) is 0 Å². The standard InChI is InChI=1S/C15H32N2O/c1-5-16-14(12-18)8-11-17-9-6-13(7-10-17)15(2,3)4/h13-14,16,18H,5-12H2,1-4H3. The van der Waals surface area contributed by atoms with Crippen molar-refractivity contribution in [1.82, 2.24) is 10.2 Å². The zero-order valence-corrected chi connectivity index (χ0v) is 12.7. The van der Waals surface area contributed by atoms with Crippen LogP contribution in [0.1, 0.15) is 47.0 Å². The average molecular weight is 256 g/mol. The number of rotatable bonds is 6. The van der Waals surface area contributed by atoms with Crippen LogP contribution in [0.4, 0.5) is 0 Å². The molecule has 0 aromatic rings. The molecule has 2 N–H and O–H groups in total. The Hall–Kier alpha value is -0.120. The van der Waals surface area contributed by atoms with E-state index in [1.54, 1.807) is 0 Å². The number of likely N-dealkylation sites (tertiary alicyclic amines) is 1. The van der Waals surface area contributed by atoms with Crippen molar-refractivity contribution in [2.45, 2.75) is 53.0 Å². The molecule has 108 valence electrons. The van der Waals surface area contributed by atoms with E-state index in [1.165, 1.54) is 25.9 Å². The van der Waals surface area contributed by atoms with Gasteiger partial charge in [0.05, 0.1) is 6.61 Å². The molecule has 1 rings (SSSR count). The molecule has 18 heavy (non-hydrogen) atoms. The van der Waals surface area contributed by atoms with Crippen molar-refractivity contribution in [2.75, 3.05) is 32.8 Å². The number of nitrogens with one attached hydrogen (secondary N) is 1. The summed E-state index contributed by atoms with van der Waals surface area (Å²) >= 11 is 0. The second kappa shape index (κ2) is 7.46. The van der Waals surface area contributed by atoms with E-state index >= 15 is 0 Å². The Morgan fingerprint density at radius 2 is 1.89 bits per heavy atom. The van der Waals surface area contributed by atoms with Crippen molar-refractivity contribution in [3.05, 3.63) is 0 Å². The van der Waals surface area contributed by atoms with Crippen LogP contribution in [0.5, 0.6) is 0 Å². The Labute approximate surface area is 113 Å². The summed E-state index contributed by atoms with van der Waals surface area (Å²) in [6.45, 7) is 14.0. The zero-order chi connectivity index (χ0) is 13.6. The van der Waals surface area contributed by atoms with Crippen molar-refractivity contribution in [3.8, 4) is 0 Å². The van der Waals surface area contributed by atoms with Crippen molar-refractivity contribution in [3.63, 3.8) is 0 Å². The number of hydrogen-bond acceptors (Lipinski definition) is 3. The Balaban J connectivity index is 2.23. The quantitative estimate of drug-likeness (QED) is 0.764. The summed E-state index contributed by atoms with van der Waals surface area (Å²) in [5, 5.41) is 12.6. The molecule has 0 amide bonds. The van der Waals surface area contributed by atoms with Crippen LogP contribution < -0.4 is 5.32 Å². The first kappa shape index (κ1) is 15.9. The highest BCUT2D eigenvalue weighted by atomic mass is 16.3. The van der Waals surface area contributed by atoms with Gasteiger partial charge in [0.15, 0.2) is 0 Å². The van der Waals surface area contributed by atoms with E-state index in [1.807, 2.05) is 0 Å². The molecule has 1 heterocycles. The average Bonchev–Trinajstić information content (AvgIpc) is 2.34. The minimum Gasteiger partial charge on any atom is -0.395 e. The van der Waals surface area contributed by atoms with E-state index in [-0.39, 0.29) is 12.6 Å². The smallest absolute Gasteiger partial charge is 0.0585 e. The van der Waals surface area contributed by atoms with E-state index < -0.39 is 0 Å². The molecule has 0 aliphatic carbocycles. The van der Waals surface area contributed by atoms with Crippen LogP contribution in [0.3, 0.4) is 0 Å². The van der Waals surface area contributed by atoms with Crippen LogP contribution in [-0.4, -0.2) is 48.8 Å². The molecule has 0 bridgehead atoms. The minimum atomic E-state index is 0.256. The summed E-state index contributed by atoms with van der Waals surface area (Å²) in [6.07, 6.45) is 3.72. The largest absolute Gasteiger partial charge is 0.395 e. The fraction of sp³-hybridized carbons (Fsp3) is 1.00. The molecule has 0 radical (unpaired) electrons. The number of hydrogen-bond donors (Lipinski definition) is 2. The topological polar surface area (TPSA) is 35.5 Å². The predicted octanol–water partition coefficient (Wildman–Crippen LogP) is 2.10. The summed E-state index contributed by atoms with van der Waals surface area (Å²) in [7, 11) is 0. The van der Waals surface area contributed by atoms with Crippen molar-refractivity contribution in [1.29, 1.82) is 0 Å². The molecule has 0 saturated carbocycles. The maximum atomic E-state index is 9.25. The normalized spacial score (nSPS) is 21.2. The predicted molar refractivity (Wildman–Crippen MR) is 77.8 cm³/mol. The van der Waals surface area contributed by atoms with Crippen molar-refractivity contribution < 1.29 is 5.11 Å². The Bertz CT molecular complexity index is 217. The number of aliphatic hydroxyl groups excluding tert-OH is 1.